The van der Waals surface area contributed by atoms with E-state index in [0.717, 1.165) is 0 Å². The van der Waals surface area contributed by atoms with Crippen LogP contribution in [0.5, 0.6) is 0 Å². The molecule has 82 valence electrons. The Morgan fingerprint density at radius 3 is 2.36 bits per heavy atom. The molecule has 1 saturated carbocycles. The monoisotopic (exact) mass is 201 g/mol. The Balaban J connectivity index is 2.19. The third-order valence-electron chi connectivity index (χ3n) is 3.26. The molecule has 1 aliphatic carbocycles. The number of ether oxygens (including phenoxy) is 3. The lowest BCUT2D eigenvalue weighted by atomic mass is 10.1. The van der Waals surface area contributed by atoms with Gasteiger partial charge < -0.3 is 19.9 Å². The molecule has 5 atom stereocenters. The summed E-state index contributed by atoms with van der Waals surface area (Å²) in [4.78, 5) is 0. The molecular formula is C10H19NO3. The Hall–Kier alpha value is -0.160. The van der Waals surface area contributed by atoms with Crippen molar-refractivity contribution in [2.24, 2.45) is 11.7 Å². The first-order valence-electron chi connectivity index (χ1n) is 5.10. The highest BCUT2D eigenvalue weighted by Crippen LogP contribution is 2.41. The van der Waals surface area contributed by atoms with Gasteiger partial charge in [0.05, 0.1) is 6.10 Å². The van der Waals surface area contributed by atoms with Gasteiger partial charge in [0.2, 0.25) is 0 Å². The van der Waals surface area contributed by atoms with Crippen LogP contribution in [0.4, 0.5) is 0 Å². The molecule has 0 bridgehead atoms. The summed E-state index contributed by atoms with van der Waals surface area (Å²) < 4.78 is 17.0. The Morgan fingerprint density at radius 2 is 1.79 bits per heavy atom. The largest absolute Gasteiger partial charge is 0.377 e. The quantitative estimate of drug-likeness (QED) is 0.671. The van der Waals surface area contributed by atoms with E-state index in [9.17, 15) is 0 Å². The van der Waals surface area contributed by atoms with Gasteiger partial charge in [-0.3, -0.25) is 0 Å². The minimum atomic E-state index is -0.499. The Labute approximate surface area is 84.7 Å². The average molecular weight is 201 g/mol. The molecular weight excluding hydrogens is 182 g/mol. The van der Waals surface area contributed by atoms with Gasteiger partial charge in [0, 0.05) is 19.1 Å². The number of fused-ring (bicyclic) bond motifs is 1. The van der Waals surface area contributed by atoms with Crippen LogP contribution in [0, 0.1) is 5.92 Å². The van der Waals surface area contributed by atoms with E-state index in [2.05, 4.69) is 6.92 Å². The topological polar surface area (TPSA) is 53.7 Å². The van der Waals surface area contributed by atoms with Crippen molar-refractivity contribution >= 4 is 0 Å². The summed E-state index contributed by atoms with van der Waals surface area (Å²) in [6.45, 7) is 5.94. The number of hydrogen-bond donors (Lipinski definition) is 1. The van der Waals surface area contributed by atoms with Crippen molar-refractivity contribution in [1.82, 2.24) is 0 Å². The minimum absolute atomic E-state index is 0.00565. The van der Waals surface area contributed by atoms with Gasteiger partial charge >= 0.3 is 0 Å². The van der Waals surface area contributed by atoms with Gasteiger partial charge in [-0.2, -0.15) is 0 Å². The van der Waals surface area contributed by atoms with E-state index < -0.39 is 5.79 Å². The molecule has 1 heterocycles. The van der Waals surface area contributed by atoms with Crippen LogP contribution in [0.1, 0.15) is 20.8 Å². The van der Waals surface area contributed by atoms with Crippen LogP contribution < -0.4 is 5.73 Å². The van der Waals surface area contributed by atoms with Crippen molar-refractivity contribution < 1.29 is 14.2 Å². The van der Waals surface area contributed by atoms with Crippen LogP contribution in [0.3, 0.4) is 0 Å². The van der Waals surface area contributed by atoms with Crippen LogP contribution in [0.15, 0.2) is 0 Å². The number of hydrogen-bond acceptors (Lipinski definition) is 4. The van der Waals surface area contributed by atoms with Crippen molar-refractivity contribution in [2.75, 3.05) is 7.11 Å². The molecule has 4 nitrogen and oxygen atoms in total. The normalized spacial score (nSPS) is 50.8. The van der Waals surface area contributed by atoms with Gasteiger partial charge in [-0.1, -0.05) is 6.92 Å². The highest BCUT2D eigenvalue weighted by atomic mass is 16.8. The second kappa shape index (κ2) is 3.17. The lowest BCUT2D eigenvalue weighted by Gasteiger charge is -2.25. The van der Waals surface area contributed by atoms with Gasteiger partial charge in [0.15, 0.2) is 5.79 Å². The molecule has 2 aliphatic rings. The van der Waals surface area contributed by atoms with Gasteiger partial charge in [-0.05, 0) is 13.8 Å². The molecule has 0 spiro atoms. The van der Waals surface area contributed by atoms with E-state index in [-0.39, 0.29) is 30.3 Å². The first kappa shape index (κ1) is 10.4. The van der Waals surface area contributed by atoms with Crippen LogP contribution >= 0.6 is 0 Å². The SMILES string of the molecule is CO[C@H]1[C@H](N)[C@@H](C)[C@@H]2OC(C)(C)O[C@@H]21. The molecule has 0 amide bonds. The van der Waals surface area contributed by atoms with E-state index >= 15 is 0 Å². The molecule has 0 aromatic heterocycles. The molecule has 4 heteroatoms. The Bertz CT molecular complexity index is 231. The van der Waals surface area contributed by atoms with Crippen molar-refractivity contribution in [3.05, 3.63) is 0 Å². The second-order valence-electron chi connectivity index (χ2n) is 4.70. The Kier molecular flexibility index (Phi) is 2.34. The summed E-state index contributed by atoms with van der Waals surface area (Å²) in [6, 6.07) is 0.00565. The third-order valence-corrected chi connectivity index (χ3v) is 3.26. The average Bonchev–Trinajstić information content (AvgIpc) is 2.50. The lowest BCUT2D eigenvalue weighted by Crippen LogP contribution is -2.41. The minimum Gasteiger partial charge on any atom is -0.377 e. The van der Waals surface area contributed by atoms with Gasteiger partial charge in [-0.25, -0.2) is 0 Å². The fourth-order valence-corrected chi connectivity index (χ4v) is 2.51. The summed E-state index contributed by atoms with van der Waals surface area (Å²) in [6.07, 6.45) is 0.0155. The standard InChI is InChI=1S/C10H19NO3/c1-5-6(11)8(12-4)9-7(5)13-10(2,3)14-9/h5-9H,11H2,1-4H3/t5-,6-,7+,8+,9+/m1/s1. The lowest BCUT2D eigenvalue weighted by molar-refractivity contribution is -0.170. The second-order valence-corrected chi connectivity index (χ2v) is 4.70. The van der Waals surface area contributed by atoms with E-state index in [1.807, 2.05) is 13.8 Å². The highest BCUT2D eigenvalue weighted by molar-refractivity contribution is 5.04. The zero-order valence-corrected chi connectivity index (χ0v) is 9.19. The van der Waals surface area contributed by atoms with Crippen molar-refractivity contribution in [3.63, 3.8) is 0 Å². The molecule has 2 fully saturated rings. The first-order valence-corrected chi connectivity index (χ1v) is 5.10. The molecule has 0 radical (unpaired) electrons. The Morgan fingerprint density at radius 1 is 1.21 bits per heavy atom. The summed E-state index contributed by atoms with van der Waals surface area (Å²) in [5, 5.41) is 0. The molecule has 0 aromatic rings. The van der Waals surface area contributed by atoms with E-state index in [1.165, 1.54) is 0 Å². The maximum absolute atomic E-state index is 6.03. The predicted molar refractivity (Wildman–Crippen MR) is 51.8 cm³/mol. The first-order chi connectivity index (χ1) is 6.46. The van der Waals surface area contributed by atoms with Crippen LogP contribution in [0.25, 0.3) is 0 Å². The van der Waals surface area contributed by atoms with Gasteiger partial charge in [-0.15, -0.1) is 0 Å². The van der Waals surface area contributed by atoms with Crippen LogP contribution in [0.2, 0.25) is 0 Å². The molecule has 2 N–H and O–H groups in total. The fraction of sp³-hybridized carbons (Fsp3) is 1.00. The zero-order chi connectivity index (χ0) is 10.5. The number of methoxy groups -OCH3 is 1. The number of rotatable bonds is 1. The summed E-state index contributed by atoms with van der Waals surface area (Å²) >= 11 is 0. The summed E-state index contributed by atoms with van der Waals surface area (Å²) in [7, 11) is 1.67. The van der Waals surface area contributed by atoms with Crippen molar-refractivity contribution in [1.29, 1.82) is 0 Å². The molecule has 14 heavy (non-hydrogen) atoms. The van der Waals surface area contributed by atoms with E-state index in [1.54, 1.807) is 7.11 Å². The number of nitrogens with two attached hydrogens (primary N) is 1. The molecule has 1 aliphatic heterocycles. The maximum atomic E-state index is 6.03. The van der Waals surface area contributed by atoms with E-state index in [4.69, 9.17) is 19.9 Å². The van der Waals surface area contributed by atoms with Crippen molar-refractivity contribution in [3.8, 4) is 0 Å². The highest BCUT2D eigenvalue weighted by Gasteiger charge is 2.56. The smallest absolute Gasteiger partial charge is 0.163 e. The van der Waals surface area contributed by atoms with Crippen molar-refractivity contribution in [2.45, 2.75) is 50.9 Å². The van der Waals surface area contributed by atoms with Crippen LogP contribution in [-0.2, 0) is 14.2 Å². The summed E-state index contributed by atoms with van der Waals surface area (Å²) in [5.41, 5.74) is 6.03. The fourth-order valence-electron chi connectivity index (χ4n) is 2.51. The summed E-state index contributed by atoms with van der Waals surface area (Å²) in [5.74, 6) is -0.215. The maximum Gasteiger partial charge on any atom is 0.163 e. The molecule has 2 rings (SSSR count). The van der Waals surface area contributed by atoms with Gasteiger partial charge in [0.1, 0.15) is 12.2 Å². The molecule has 0 unspecified atom stereocenters. The molecule has 1 saturated heterocycles. The zero-order valence-electron chi connectivity index (χ0n) is 9.19. The third kappa shape index (κ3) is 1.37. The van der Waals surface area contributed by atoms with Crippen LogP contribution in [-0.4, -0.2) is 37.3 Å². The van der Waals surface area contributed by atoms with Gasteiger partial charge in [0.25, 0.3) is 0 Å². The molecule has 0 aromatic carbocycles. The van der Waals surface area contributed by atoms with E-state index in [0.29, 0.717) is 0 Å². The predicted octanol–water partition coefficient (Wildman–Crippen LogP) is 0.498.